The second-order valence-corrected chi connectivity index (χ2v) is 3.46. The normalized spacial score (nSPS) is 10.1. The van der Waals surface area contributed by atoms with Crippen LogP contribution in [0.4, 0.5) is 10.1 Å². The lowest BCUT2D eigenvalue weighted by molar-refractivity contribution is -0.387. The zero-order valence-corrected chi connectivity index (χ0v) is 9.46. The summed E-state index contributed by atoms with van der Waals surface area (Å²) in [5.74, 6) is -0.675. The molecule has 0 radical (unpaired) electrons. The topological polar surface area (TPSA) is 65.3 Å². The molecule has 0 spiro atoms. The number of nitro benzene ring substituents is 1. The molecule has 0 unspecified atom stereocenters. The molecule has 0 amide bonds. The smallest absolute Gasteiger partial charge is 0.305 e. The summed E-state index contributed by atoms with van der Waals surface area (Å²) in [6, 6.07) is 7.18. The van der Waals surface area contributed by atoms with E-state index in [9.17, 15) is 14.5 Å². The van der Waals surface area contributed by atoms with E-state index in [1.807, 2.05) is 0 Å². The number of nitrogens with zero attached hydrogens (tertiary/aromatic N) is 2. The van der Waals surface area contributed by atoms with E-state index < -0.39 is 16.4 Å². The first kappa shape index (κ1) is 12.0. The van der Waals surface area contributed by atoms with Crippen LogP contribution in [0.3, 0.4) is 0 Å². The average Bonchev–Trinajstić information content (AvgIpc) is 2.38. The van der Waals surface area contributed by atoms with Gasteiger partial charge in [-0.05, 0) is 12.1 Å². The number of methoxy groups -OCH3 is 1. The third kappa shape index (κ3) is 2.00. The van der Waals surface area contributed by atoms with Crippen molar-refractivity contribution in [1.29, 1.82) is 0 Å². The highest BCUT2D eigenvalue weighted by molar-refractivity contribution is 5.71. The number of nitro groups is 1. The molecule has 1 aromatic carbocycles. The summed E-state index contributed by atoms with van der Waals surface area (Å²) in [4.78, 5) is 13.8. The Morgan fingerprint density at radius 3 is 2.67 bits per heavy atom. The molecule has 2 aromatic rings. The minimum absolute atomic E-state index is 0.0918. The van der Waals surface area contributed by atoms with E-state index in [2.05, 4.69) is 4.98 Å². The van der Waals surface area contributed by atoms with Crippen molar-refractivity contribution in [3.8, 4) is 17.0 Å². The summed E-state index contributed by atoms with van der Waals surface area (Å²) in [6.07, 6.45) is 1.50. The first-order valence-corrected chi connectivity index (χ1v) is 5.07. The summed E-state index contributed by atoms with van der Waals surface area (Å²) < 4.78 is 19.0. The van der Waals surface area contributed by atoms with Crippen molar-refractivity contribution in [3.05, 3.63) is 52.5 Å². The van der Waals surface area contributed by atoms with Crippen molar-refractivity contribution in [2.45, 2.75) is 0 Å². The highest BCUT2D eigenvalue weighted by Gasteiger charge is 2.20. The van der Waals surface area contributed by atoms with E-state index in [0.29, 0.717) is 5.56 Å². The zero-order valence-electron chi connectivity index (χ0n) is 9.46. The molecule has 0 atom stereocenters. The van der Waals surface area contributed by atoms with Gasteiger partial charge in [-0.2, -0.15) is 4.39 Å². The summed E-state index contributed by atoms with van der Waals surface area (Å²) in [6.45, 7) is 0. The maximum absolute atomic E-state index is 14.0. The van der Waals surface area contributed by atoms with Gasteiger partial charge in [-0.15, -0.1) is 0 Å². The Morgan fingerprint density at radius 2 is 2.00 bits per heavy atom. The molecule has 0 aliphatic rings. The van der Waals surface area contributed by atoms with Crippen molar-refractivity contribution in [1.82, 2.24) is 4.98 Å². The van der Waals surface area contributed by atoms with Gasteiger partial charge in [-0.1, -0.05) is 12.1 Å². The van der Waals surface area contributed by atoms with Crippen LogP contribution in [0.15, 0.2) is 36.5 Å². The summed E-state index contributed by atoms with van der Waals surface area (Å²) in [7, 11) is 1.40. The third-order valence-corrected chi connectivity index (χ3v) is 2.43. The molecule has 2 rings (SSSR count). The fraction of sp³-hybridized carbons (Fsp3) is 0.0833. The Balaban J connectivity index is 2.64. The van der Waals surface area contributed by atoms with E-state index in [1.54, 1.807) is 12.1 Å². The number of rotatable bonds is 3. The Hall–Kier alpha value is -2.50. The Bertz CT molecular complexity index is 602. The fourth-order valence-corrected chi connectivity index (χ4v) is 1.63. The van der Waals surface area contributed by atoms with Crippen molar-refractivity contribution >= 4 is 5.69 Å². The second-order valence-electron chi connectivity index (χ2n) is 3.46. The van der Waals surface area contributed by atoms with Gasteiger partial charge in [0.05, 0.1) is 12.0 Å². The van der Waals surface area contributed by atoms with E-state index >= 15 is 0 Å². The SMILES string of the molecule is COc1ncccc1-c1cccc([N+](=O)[O-])c1F. The van der Waals surface area contributed by atoms with Gasteiger partial charge in [0.25, 0.3) is 0 Å². The van der Waals surface area contributed by atoms with Gasteiger partial charge < -0.3 is 4.74 Å². The lowest BCUT2D eigenvalue weighted by atomic mass is 10.1. The van der Waals surface area contributed by atoms with Gasteiger partial charge in [-0.3, -0.25) is 10.1 Å². The number of pyridine rings is 1. The van der Waals surface area contributed by atoms with Crippen molar-refractivity contribution in [3.63, 3.8) is 0 Å². The number of hydrogen-bond donors (Lipinski definition) is 0. The Labute approximate surface area is 102 Å². The van der Waals surface area contributed by atoms with Crippen LogP contribution < -0.4 is 4.74 Å². The number of halogens is 1. The number of ether oxygens (including phenoxy) is 1. The van der Waals surface area contributed by atoms with Crippen molar-refractivity contribution < 1.29 is 14.1 Å². The molecule has 0 bridgehead atoms. The molecule has 1 heterocycles. The molecular formula is C12H9FN2O3. The molecule has 0 N–H and O–H groups in total. The average molecular weight is 248 g/mol. The van der Waals surface area contributed by atoms with E-state index in [0.717, 1.165) is 6.07 Å². The molecule has 6 heteroatoms. The van der Waals surface area contributed by atoms with Crippen LogP contribution in [0.25, 0.3) is 11.1 Å². The zero-order chi connectivity index (χ0) is 13.1. The third-order valence-electron chi connectivity index (χ3n) is 2.43. The number of benzene rings is 1. The highest BCUT2D eigenvalue weighted by Crippen LogP contribution is 2.33. The van der Waals surface area contributed by atoms with Gasteiger partial charge >= 0.3 is 5.69 Å². The molecule has 1 aromatic heterocycles. The lowest BCUT2D eigenvalue weighted by Crippen LogP contribution is -1.97. The summed E-state index contributed by atoms with van der Waals surface area (Å²) in [5.41, 5.74) is -0.103. The van der Waals surface area contributed by atoms with Crippen molar-refractivity contribution in [2.24, 2.45) is 0 Å². The molecule has 0 fully saturated rings. The number of hydrogen-bond acceptors (Lipinski definition) is 4. The molecule has 5 nitrogen and oxygen atoms in total. The highest BCUT2D eigenvalue weighted by atomic mass is 19.1. The summed E-state index contributed by atoms with van der Waals surface area (Å²) >= 11 is 0. The van der Waals surface area contributed by atoms with E-state index in [4.69, 9.17) is 4.74 Å². The Morgan fingerprint density at radius 1 is 1.28 bits per heavy atom. The first-order chi connectivity index (χ1) is 8.65. The standard InChI is InChI=1S/C12H9FN2O3/c1-18-12-9(5-3-7-14-12)8-4-2-6-10(11(8)13)15(16)17/h2-7H,1H3. The van der Waals surface area contributed by atoms with Crippen LogP contribution >= 0.6 is 0 Å². The molecular weight excluding hydrogens is 239 g/mol. The maximum atomic E-state index is 14.0. The molecule has 92 valence electrons. The first-order valence-electron chi connectivity index (χ1n) is 5.07. The van der Waals surface area contributed by atoms with Crippen LogP contribution in [0.5, 0.6) is 5.88 Å². The predicted octanol–water partition coefficient (Wildman–Crippen LogP) is 2.80. The van der Waals surface area contributed by atoms with Gasteiger partial charge in [0.1, 0.15) is 0 Å². The van der Waals surface area contributed by atoms with Crippen LogP contribution in [0.1, 0.15) is 0 Å². The molecule has 0 aliphatic heterocycles. The van der Waals surface area contributed by atoms with Crippen LogP contribution in [-0.4, -0.2) is 17.0 Å². The predicted molar refractivity (Wildman–Crippen MR) is 62.8 cm³/mol. The fourth-order valence-electron chi connectivity index (χ4n) is 1.63. The largest absolute Gasteiger partial charge is 0.481 e. The maximum Gasteiger partial charge on any atom is 0.305 e. The monoisotopic (exact) mass is 248 g/mol. The molecule has 0 aliphatic carbocycles. The quantitative estimate of drug-likeness (QED) is 0.618. The van der Waals surface area contributed by atoms with Crippen LogP contribution in [0, 0.1) is 15.9 Å². The van der Waals surface area contributed by atoms with Crippen LogP contribution in [-0.2, 0) is 0 Å². The van der Waals surface area contributed by atoms with E-state index in [1.165, 1.54) is 25.4 Å². The van der Waals surface area contributed by atoms with E-state index in [-0.39, 0.29) is 11.4 Å². The molecule has 18 heavy (non-hydrogen) atoms. The van der Waals surface area contributed by atoms with Gasteiger partial charge in [0.2, 0.25) is 11.7 Å². The van der Waals surface area contributed by atoms with Gasteiger partial charge in [0.15, 0.2) is 0 Å². The Kier molecular flexibility index (Phi) is 3.18. The van der Waals surface area contributed by atoms with Gasteiger partial charge in [0, 0.05) is 23.4 Å². The van der Waals surface area contributed by atoms with Gasteiger partial charge in [-0.25, -0.2) is 4.98 Å². The number of aromatic nitrogens is 1. The molecule has 0 saturated carbocycles. The minimum atomic E-state index is -0.895. The molecule has 0 saturated heterocycles. The lowest BCUT2D eigenvalue weighted by Gasteiger charge is -2.07. The minimum Gasteiger partial charge on any atom is -0.481 e. The summed E-state index contributed by atoms with van der Waals surface area (Å²) in [5, 5.41) is 10.7. The second kappa shape index (κ2) is 4.79. The van der Waals surface area contributed by atoms with Crippen molar-refractivity contribution in [2.75, 3.05) is 7.11 Å². The van der Waals surface area contributed by atoms with Crippen LogP contribution in [0.2, 0.25) is 0 Å².